The molecule has 9 aromatic rings. The van der Waals surface area contributed by atoms with Crippen molar-refractivity contribution in [3.05, 3.63) is 191 Å². The zero-order valence-electron chi connectivity index (χ0n) is 53.1. The van der Waals surface area contributed by atoms with Gasteiger partial charge in [-0.25, -0.2) is 48.1 Å². The molecule has 3 aliphatic rings. The summed E-state index contributed by atoms with van der Waals surface area (Å²) in [6.45, 7) is 10.1. The standard InChI is InChI=1S/C23H21F4N5O2.C22H19F4N3O3.C21H20F4N6O2/c1-13-9-16(19(30-11-13)20-28-6-4-7-29-20)22(33)32-8-3-5-18(14(32)2)34-21-17(24)10-15(12-31-21)23(25,26)27;1-13-17(32-18-8-7-14(12-28-18)22(24,25)26)6-3-10-29(13)21(30)15-4-2-5-16(23)19(15)20-27-9-11-31-20;1-12-5-6-15(18(29-12)31-27-7-8-28-31)20(32)30-9-3-4-17(13(30)2)33-19-16(22)10-14(11-26-19)21(23,24)25/h4,6-7,9-12,14,18H,3,5,8H2,1-2H3;2,4-5,7-9,11-13,17H,3,6,10H2,1H3;5-8,10-11,13,17H,3-4,9H2,1-2H3/t14-,18+;2*13-,17+/m000/s1. The summed E-state index contributed by atoms with van der Waals surface area (Å²) in [4.78, 5) is 78.1. The minimum atomic E-state index is -4.71. The molecular formula is C66H60F12N14O7. The summed E-state index contributed by atoms with van der Waals surface area (Å²) in [5.74, 6) is -4.59. The molecule has 6 atom stereocenters. The van der Waals surface area contributed by atoms with Crippen LogP contribution < -0.4 is 14.2 Å². The highest BCUT2D eigenvalue weighted by Crippen LogP contribution is 2.37. The van der Waals surface area contributed by atoms with E-state index < -0.39 is 107 Å². The molecule has 0 saturated carbocycles. The van der Waals surface area contributed by atoms with Crippen LogP contribution in [0.1, 0.15) is 118 Å². The lowest BCUT2D eigenvalue weighted by Crippen LogP contribution is -2.51. The fourth-order valence-corrected chi connectivity index (χ4v) is 11.3. The molecule has 33 heteroatoms. The van der Waals surface area contributed by atoms with E-state index in [4.69, 9.17) is 18.6 Å². The summed E-state index contributed by atoms with van der Waals surface area (Å²) in [6.07, 6.45) is -0.391. The van der Waals surface area contributed by atoms with Gasteiger partial charge in [0.05, 0.1) is 75.7 Å². The van der Waals surface area contributed by atoms with E-state index in [1.807, 2.05) is 6.92 Å². The number of aryl methyl sites for hydroxylation is 2. The highest BCUT2D eigenvalue weighted by atomic mass is 19.4. The lowest BCUT2D eigenvalue weighted by Gasteiger charge is -2.39. The van der Waals surface area contributed by atoms with Gasteiger partial charge in [-0.1, -0.05) is 6.07 Å². The lowest BCUT2D eigenvalue weighted by molar-refractivity contribution is -0.138. The average Bonchev–Trinajstić information content (AvgIpc) is 1.32. The van der Waals surface area contributed by atoms with Crippen LogP contribution >= 0.6 is 0 Å². The quantitative estimate of drug-likeness (QED) is 0.103. The predicted octanol–water partition coefficient (Wildman–Crippen LogP) is 13.0. The largest absolute Gasteiger partial charge is 0.472 e. The third-order valence-electron chi connectivity index (χ3n) is 16.4. The number of rotatable bonds is 12. The van der Waals surface area contributed by atoms with Gasteiger partial charge in [0, 0.05) is 68.6 Å². The van der Waals surface area contributed by atoms with Crippen LogP contribution in [0, 0.1) is 31.3 Å². The molecule has 21 nitrogen and oxygen atoms in total. The normalized spacial score (nSPS) is 18.9. The minimum Gasteiger partial charge on any atom is -0.472 e. The maximum atomic E-state index is 14.5. The second-order valence-electron chi connectivity index (χ2n) is 23.1. The van der Waals surface area contributed by atoms with Crippen molar-refractivity contribution in [2.45, 2.75) is 128 Å². The van der Waals surface area contributed by atoms with Crippen molar-refractivity contribution in [2.24, 2.45) is 0 Å². The number of nitrogens with zero attached hydrogens (tertiary/aromatic N) is 14. The van der Waals surface area contributed by atoms with Gasteiger partial charge >= 0.3 is 18.5 Å². The van der Waals surface area contributed by atoms with Crippen molar-refractivity contribution in [3.8, 4) is 46.4 Å². The fourth-order valence-electron chi connectivity index (χ4n) is 11.3. The molecule has 0 spiro atoms. The van der Waals surface area contributed by atoms with Gasteiger partial charge in [-0.2, -0.15) is 49.7 Å². The molecule has 520 valence electrons. The number of pyridine rings is 5. The average molecular weight is 1390 g/mol. The highest BCUT2D eigenvalue weighted by Gasteiger charge is 2.41. The topological polar surface area (TPSA) is 236 Å². The summed E-state index contributed by atoms with van der Waals surface area (Å²) in [6, 6.07) is 12.2. The molecule has 0 radical (unpaired) electrons. The number of likely N-dealkylation sites (tertiary alicyclic amines) is 3. The SMILES string of the molecule is C[C@H]1[C@H](Oc2ccc(C(F)(F)F)cn2)CCCN1C(=O)c1cccc(F)c1-c1ncco1.Cc1ccc(C(=O)N2CCC[C@@H](Oc3ncc(C(F)(F)F)cc3F)[C@@H]2C)c(-n2nccn2)n1.Cc1cnc(-c2ncccn2)c(C(=O)N2CCC[C@@H](Oc3ncc(C(F)(F)F)cc3F)[C@@H]2C)c1. The molecule has 0 bridgehead atoms. The Hall–Kier alpha value is -10.6. The van der Waals surface area contributed by atoms with Crippen LogP contribution in [0.2, 0.25) is 0 Å². The zero-order valence-corrected chi connectivity index (χ0v) is 53.1. The van der Waals surface area contributed by atoms with Crippen LogP contribution in [0.5, 0.6) is 17.6 Å². The first kappa shape index (κ1) is 71.2. The van der Waals surface area contributed by atoms with Crippen molar-refractivity contribution >= 4 is 17.7 Å². The smallest absolute Gasteiger partial charge is 0.417 e. The summed E-state index contributed by atoms with van der Waals surface area (Å²) in [7, 11) is 0. The van der Waals surface area contributed by atoms with Crippen molar-refractivity contribution in [1.82, 2.24) is 69.6 Å². The number of amides is 3. The number of alkyl halides is 9. The van der Waals surface area contributed by atoms with Crippen molar-refractivity contribution in [3.63, 3.8) is 0 Å². The number of halogens is 12. The molecule has 12 rings (SSSR count). The molecule has 11 heterocycles. The summed E-state index contributed by atoms with van der Waals surface area (Å²) >= 11 is 0. The Morgan fingerprint density at radius 2 is 1.02 bits per heavy atom. The van der Waals surface area contributed by atoms with Gasteiger partial charge in [-0.05, 0) is 133 Å². The van der Waals surface area contributed by atoms with Gasteiger partial charge < -0.3 is 33.3 Å². The first-order chi connectivity index (χ1) is 47.0. The van der Waals surface area contributed by atoms with Crippen LogP contribution in [0.4, 0.5) is 52.7 Å². The van der Waals surface area contributed by atoms with E-state index in [9.17, 15) is 67.1 Å². The van der Waals surface area contributed by atoms with Crippen LogP contribution in [-0.2, 0) is 18.5 Å². The summed E-state index contributed by atoms with van der Waals surface area (Å²) < 4.78 is 180. The van der Waals surface area contributed by atoms with E-state index in [1.165, 1.54) is 47.8 Å². The number of carbonyl (C=O) groups excluding carboxylic acids is 3. The highest BCUT2D eigenvalue weighted by molar-refractivity contribution is 6.01. The lowest BCUT2D eigenvalue weighted by atomic mass is 9.97. The Morgan fingerprint density at radius 1 is 0.505 bits per heavy atom. The summed E-state index contributed by atoms with van der Waals surface area (Å²) in [5.41, 5.74) is -0.811. The van der Waals surface area contributed by atoms with Crippen LogP contribution in [-0.4, -0.2) is 143 Å². The Bertz CT molecular complexity index is 4290. The van der Waals surface area contributed by atoms with Crippen LogP contribution in [0.25, 0.3) is 28.8 Å². The van der Waals surface area contributed by atoms with Crippen molar-refractivity contribution in [2.75, 3.05) is 19.6 Å². The molecule has 0 unspecified atom stereocenters. The van der Waals surface area contributed by atoms with Gasteiger partial charge in [0.1, 0.15) is 36.1 Å². The Balaban J connectivity index is 0.000000161. The third kappa shape index (κ3) is 16.7. The molecule has 0 N–H and O–H groups in total. The van der Waals surface area contributed by atoms with E-state index in [0.29, 0.717) is 112 Å². The molecular weight excluding hydrogens is 1330 g/mol. The number of piperidine rings is 3. The fraction of sp³-hybridized carbons (Fsp3) is 0.348. The first-order valence-corrected chi connectivity index (χ1v) is 30.7. The number of aromatic nitrogens is 11. The second-order valence-corrected chi connectivity index (χ2v) is 23.1. The van der Waals surface area contributed by atoms with Gasteiger partial charge in [0.2, 0.25) is 11.8 Å². The maximum absolute atomic E-state index is 14.5. The molecule has 0 aliphatic carbocycles. The number of benzene rings is 1. The Labute approximate surface area is 556 Å². The van der Waals surface area contributed by atoms with Crippen LogP contribution in [0.3, 0.4) is 0 Å². The van der Waals surface area contributed by atoms with Gasteiger partial charge in [0.15, 0.2) is 23.3 Å². The van der Waals surface area contributed by atoms with Crippen molar-refractivity contribution in [1.29, 1.82) is 0 Å². The van der Waals surface area contributed by atoms with E-state index in [0.717, 1.165) is 17.7 Å². The maximum Gasteiger partial charge on any atom is 0.417 e. The first-order valence-electron chi connectivity index (χ1n) is 30.7. The van der Waals surface area contributed by atoms with Crippen LogP contribution in [0.15, 0.2) is 133 Å². The minimum absolute atomic E-state index is 0.00198. The molecule has 8 aromatic heterocycles. The number of oxazole rings is 1. The molecule has 3 saturated heterocycles. The van der Waals surface area contributed by atoms with Gasteiger partial charge in [-0.3, -0.25) is 19.4 Å². The number of hydrogen-bond acceptors (Lipinski definition) is 17. The number of hydrogen-bond donors (Lipinski definition) is 0. The Kier molecular flexibility index (Phi) is 21.6. The Morgan fingerprint density at radius 3 is 1.52 bits per heavy atom. The second kappa shape index (κ2) is 30.0. The van der Waals surface area contributed by atoms with Crippen molar-refractivity contribution < 1.29 is 85.7 Å². The molecule has 1 aromatic carbocycles. The number of carbonyl (C=O) groups is 3. The van der Waals surface area contributed by atoms with E-state index >= 15 is 0 Å². The zero-order chi connectivity index (χ0) is 71.1. The molecule has 99 heavy (non-hydrogen) atoms. The molecule has 3 aliphatic heterocycles. The third-order valence-corrected chi connectivity index (χ3v) is 16.4. The molecule has 3 fully saturated rings. The predicted molar refractivity (Wildman–Crippen MR) is 326 cm³/mol. The van der Waals surface area contributed by atoms with E-state index in [-0.39, 0.29) is 46.1 Å². The van der Waals surface area contributed by atoms with Gasteiger partial charge in [0.25, 0.3) is 29.5 Å². The molecule has 3 amide bonds. The summed E-state index contributed by atoms with van der Waals surface area (Å²) in [5, 5.41) is 8.11. The van der Waals surface area contributed by atoms with Gasteiger partial charge in [-0.15, -0.1) is 4.80 Å². The monoisotopic (exact) mass is 1390 g/mol. The van der Waals surface area contributed by atoms with E-state index in [2.05, 4.69) is 50.1 Å². The van der Waals surface area contributed by atoms with E-state index in [1.54, 1.807) is 85.3 Å². The number of ether oxygens (including phenoxy) is 3.